The van der Waals surface area contributed by atoms with Crippen LogP contribution in [0, 0.1) is 0 Å². The minimum atomic E-state index is -2.89. The molecule has 0 saturated heterocycles. The summed E-state index contributed by atoms with van der Waals surface area (Å²) in [6, 6.07) is 7.06. The van der Waals surface area contributed by atoms with Gasteiger partial charge in [-0.25, -0.2) is 0 Å². The molecule has 0 atom stereocenters. The number of hydrogen-bond donors (Lipinski definition) is 0. The molecule has 0 radical (unpaired) electrons. The summed E-state index contributed by atoms with van der Waals surface area (Å²) in [5.74, 6) is -2.89. The number of alkyl halides is 2. The summed E-state index contributed by atoms with van der Waals surface area (Å²) in [5, 5.41) is 4.48. The van der Waals surface area contributed by atoms with Crippen LogP contribution in [0.1, 0.15) is 33.4 Å². The summed E-state index contributed by atoms with van der Waals surface area (Å²) in [6.45, 7) is 7.36. The van der Waals surface area contributed by atoms with Gasteiger partial charge in [-0.15, -0.1) is 0 Å². The van der Waals surface area contributed by atoms with Crippen LogP contribution in [0.4, 0.5) is 8.78 Å². The summed E-state index contributed by atoms with van der Waals surface area (Å²) in [6.07, 6.45) is 0. The summed E-state index contributed by atoms with van der Waals surface area (Å²) in [7, 11) is 0. The van der Waals surface area contributed by atoms with E-state index >= 15 is 0 Å². The van der Waals surface area contributed by atoms with Crippen LogP contribution in [-0.2, 0) is 12.5 Å². The lowest BCUT2D eigenvalue weighted by Crippen LogP contribution is -2.09. The summed E-state index contributed by atoms with van der Waals surface area (Å²) >= 11 is 0. The fourth-order valence-corrected chi connectivity index (χ4v) is 1.69. The molecule has 0 unspecified atom stereocenters. The van der Waals surface area contributed by atoms with Crippen molar-refractivity contribution >= 4 is 10.9 Å². The highest BCUT2D eigenvalue weighted by Crippen LogP contribution is 2.31. The monoisotopic (exact) mass is 240 g/mol. The molecule has 0 saturated carbocycles. The maximum Gasteiger partial charge on any atom is 0.289 e. The molecular weight excluding hydrogens is 222 g/mol. The summed E-state index contributed by atoms with van der Waals surface area (Å²) in [5.41, 5.74) is 0.622. The fourth-order valence-electron chi connectivity index (χ4n) is 1.69. The molecule has 4 heteroatoms. The van der Waals surface area contributed by atoms with Gasteiger partial charge in [0.05, 0.1) is 5.52 Å². The molecule has 94 valence electrons. The van der Waals surface area contributed by atoms with Crippen molar-refractivity contribution in [2.75, 3.05) is 0 Å². The van der Waals surface area contributed by atoms with Gasteiger partial charge in [-0.2, -0.15) is 13.9 Å². The van der Waals surface area contributed by atoms with Gasteiger partial charge in [0, 0.05) is 18.9 Å². The van der Waals surface area contributed by atoms with E-state index in [0.717, 1.165) is 12.4 Å². The number of fused-ring (bicyclic) bond motifs is 1. The molecular formula is C13H18F2N2. The van der Waals surface area contributed by atoms with Gasteiger partial charge in [-0.3, -0.25) is 4.68 Å². The van der Waals surface area contributed by atoms with Gasteiger partial charge >= 0.3 is 0 Å². The Bertz CT molecular complexity index is 484. The second-order valence-corrected chi connectivity index (χ2v) is 3.57. The Balaban J connectivity index is 0.000000686. The molecule has 0 amide bonds. The van der Waals surface area contributed by atoms with E-state index in [1.165, 1.54) is 0 Å². The molecule has 17 heavy (non-hydrogen) atoms. The van der Waals surface area contributed by atoms with E-state index < -0.39 is 5.92 Å². The number of halogens is 2. The topological polar surface area (TPSA) is 17.8 Å². The third-order valence-electron chi connectivity index (χ3n) is 2.37. The number of aryl methyl sites for hydroxylation is 1. The van der Waals surface area contributed by atoms with Crippen molar-refractivity contribution in [1.29, 1.82) is 0 Å². The Morgan fingerprint density at radius 3 is 2.35 bits per heavy atom. The van der Waals surface area contributed by atoms with Gasteiger partial charge in [-0.05, 0) is 13.0 Å². The van der Waals surface area contributed by atoms with Crippen LogP contribution < -0.4 is 0 Å². The lowest BCUT2D eigenvalue weighted by Gasteiger charge is -2.05. The Morgan fingerprint density at radius 2 is 1.82 bits per heavy atom. The van der Waals surface area contributed by atoms with E-state index in [1.807, 2.05) is 26.8 Å². The molecule has 0 aliphatic heterocycles. The van der Waals surface area contributed by atoms with Gasteiger partial charge < -0.3 is 0 Å². The first-order valence-corrected chi connectivity index (χ1v) is 5.88. The average molecular weight is 240 g/mol. The zero-order valence-electron chi connectivity index (χ0n) is 10.7. The van der Waals surface area contributed by atoms with E-state index in [2.05, 4.69) is 5.10 Å². The van der Waals surface area contributed by atoms with Crippen molar-refractivity contribution in [1.82, 2.24) is 9.78 Å². The quantitative estimate of drug-likeness (QED) is 0.769. The number of nitrogens with zero attached hydrogens (tertiary/aromatic N) is 2. The average Bonchev–Trinajstić information content (AvgIpc) is 2.70. The van der Waals surface area contributed by atoms with Crippen LogP contribution in [0.5, 0.6) is 0 Å². The van der Waals surface area contributed by atoms with E-state index in [4.69, 9.17) is 0 Å². The van der Waals surface area contributed by atoms with E-state index in [9.17, 15) is 8.78 Å². The van der Waals surface area contributed by atoms with Crippen molar-refractivity contribution in [3.05, 3.63) is 30.0 Å². The molecule has 0 spiro atoms. The van der Waals surface area contributed by atoms with Crippen molar-refractivity contribution in [2.24, 2.45) is 0 Å². The van der Waals surface area contributed by atoms with Gasteiger partial charge in [0.1, 0.15) is 5.69 Å². The largest absolute Gasteiger partial charge is 0.289 e. The fraction of sp³-hybridized carbons (Fsp3) is 0.462. The molecule has 0 bridgehead atoms. The Morgan fingerprint density at radius 1 is 1.24 bits per heavy atom. The maximum atomic E-state index is 13.3. The zero-order valence-corrected chi connectivity index (χ0v) is 10.7. The Labute approximate surface area is 100 Å². The van der Waals surface area contributed by atoms with Crippen molar-refractivity contribution < 1.29 is 8.78 Å². The van der Waals surface area contributed by atoms with Crippen molar-refractivity contribution in [3.8, 4) is 0 Å². The highest BCUT2D eigenvalue weighted by Gasteiger charge is 2.30. The van der Waals surface area contributed by atoms with E-state index in [1.54, 1.807) is 22.9 Å². The van der Waals surface area contributed by atoms with E-state index in [-0.39, 0.29) is 5.69 Å². The first kappa shape index (κ1) is 13.6. The predicted molar refractivity (Wildman–Crippen MR) is 66.3 cm³/mol. The second-order valence-electron chi connectivity index (χ2n) is 3.57. The SMILES string of the molecule is CC.CCn1nc(C(C)(F)F)c2ccccc21. The Hall–Kier alpha value is -1.45. The molecule has 1 aromatic heterocycles. The first-order valence-electron chi connectivity index (χ1n) is 5.88. The number of aromatic nitrogens is 2. The Kier molecular flexibility index (Phi) is 4.21. The van der Waals surface area contributed by atoms with Crippen LogP contribution in [0.15, 0.2) is 24.3 Å². The van der Waals surface area contributed by atoms with Gasteiger partial charge in [-0.1, -0.05) is 32.0 Å². The van der Waals surface area contributed by atoms with Crippen molar-refractivity contribution in [2.45, 2.75) is 40.2 Å². The molecule has 1 heterocycles. The number of hydrogen-bond acceptors (Lipinski definition) is 1. The summed E-state index contributed by atoms with van der Waals surface area (Å²) in [4.78, 5) is 0. The molecule has 0 aliphatic carbocycles. The molecule has 2 aromatic rings. The minimum absolute atomic E-state index is 0.139. The van der Waals surface area contributed by atoms with Crippen LogP contribution in [0.25, 0.3) is 10.9 Å². The first-order chi connectivity index (χ1) is 8.04. The van der Waals surface area contributed by atoms with Crippen LogP contribution in [0.3, 0.4) is 0 Å². The highest BCUT2D eigenvalue weighted by molar-refractivity contribution is 5.82. The van der Waals surface area contributed by atoms with Crippen molar-refractivity contribution in [3.63, 3.8) is 0 Å². The van der Waals surface area contributed by atoms with Crippen LogP contribution in [0.2, 0.25) is 0 Å². The maximum absolute atomic E-state index is 13.3. The molecule has 2 rings (SSSR count). The van der Waals surface area contributed by atoms with Gasteiger partial charge in [0.15, 0.2) is 0 Å². The minimum Gasteiger partial charge on any atom is -0.265 e. The smallest absolute Gasteiger partial charge is 0.265 e. The molecule has 0 fully saturated rings. The highest BCUT2D eigenvalue weighted by atomic mass is 19.3. The lowest BCUT2D eigenvalue weighted by molar-refractivity contribution is 0.0136. The predicted octanol–water partition coefficient (Wildman–Crippen LogP) is 4.19. The number of benzene rings is 1. The van der Waals surface area contributed by atoms with Gasteiger partial charge in [0.2, 0.25) is 0 Å². The molecule has 0 N–H and O–H groups in total. The molecule has 0 aliphatic rings. The third kappa shape index (κ3) is 2.62. The van der Waals surface area contributed by atoms with Gasteiger partial charge in [0.25, 0.3) is 5.92 Å². The summed E-state index contributed by atoms with van der Waals surface area (Å²) < 4.78 is 28.1. The zero-order chi connectivity index (χ0) is 13.1. The standard InChI is InChI=1S/C11H12F2N2.C2H6/c1-3-15-9-7-5-4-6-8(9)10(14-15)11(2,12)13;1-2/h4-7H,3H2,1-2H3;1-2H3. The van der Waals surface area contributed by atoms with Crippen LogP contribution in [-0.4, -0.2) is 9.78 Å². The number of rotatable bonds is 2. The second kappa shape index (κ2) is 5.25. The van der Waals surface area contributed by atoms with Crippen LogP contribution >= 0.6 is 0 Å². The lowest BCUT2D eigenvalue weighted by atomic mass is 10.1. The molecule has 2 nitrogen and oxygen atoms in total. The normalized spacial score (nSPS) is 11.2. The van der Waals surface area contributed by atoms with E-state index in [0.29, 0.717) is 11.9 Å². The third-order valence-corrected chi connectivity index (χ3v) is 2.37. The molecule has 1 aromatic carbocycles. The number of para-hydroxylation sites is 1.